The summed E-state index contributed by atoms with van der Waals surface area (Å²) in [7, 11) is -4.46. The summed E-state index contributed by atoms with van der Waals surface area (Å²) in [5.41, 5.74) is 5.46. The summed E-state index contributed by atoms with van der Waals surface area (Å²) >= 11 is 0. The van der Waals surface area contributed by atoms with Crippen LogP contribution in [0.25, 0.3) is 0 Å². The fraction of sp³-hybridized carbons (Fsp3) is 0.938. The zero-order valence-corrected chi connectivity index (χ0v) is 15.0. The van der Waals surface area contributed by atoms with Gasteiger partial charge in [-0.05, 0) is 12.8 Å². The van der Waals surface area contributed by atoms with Crippen molar-refractivity contribution in [1.29, 1.82) is 0 Å². The predicted molar refractivity (Wildman–Crippen MR) is 97.6 cm³/mol. The van der Waals surface area contributed by atoms with Crippen molar-refractivity contribution in [3.8, 4) is 0 Å². The Labute approximate surface area is 184 Å². The van der Waals surface area contributed by atoms with Crippen molar-refractivity contribution in [2.75, 3.05) is 6.54 Å². The van der Waals surface area contributed by atoms with Crippen LogP contribution in [0.15, 0.2) is 0 Å². The third-order valence-electron chi connectivity index (χ3n) is 4.41. The molecule has 0 heterocycles. The molecular formula is C16H34KNO4S. The summed E-state index contributed by atoms with van der Waals surface area (Å²) in [6.45, 7) is 3.40. The molecule has 0 bridgehead atoms. The number of hydrogen-bond acceptors (Lipinski definition) is 4. The van der Waals surface area contributed by atoms with Crippen LogP contribution in [0.5, 0.6) is 0 Å². The Kier molecular flexibility index (Phi) is 16.5. The van der Waals surface area contributed by atoms with E-state index in [0.717, 1.165) is 19.3 Å². The number of unbranched alkanes of at least 4 members (excludes halogenated alkanes) is 8. The van der Waals surface area contributed by atoms with Gasteiger partial charge in [-0.2, -0.15) is 8.42 Å². The number of ketones is 1. The van der Waals surface area contributed by atoms with Crippen LogP contribution in [-0.4, -0.2) is 81.4 Å². The van der Waals surface area contributed by atoms with Crippen molar-refractivity contribution in [3.05, 3.63) is 0 Å². The van der Waals surface area contributed by atoms with Gasteiger partial charge >= 0.3 is 51.4 Å². The summed E-state index contributed by atoms with van der Waals surface area (Å²) in [6.07, 6.45) is 10.3. The van der Waals surface area contributed by atoms with Crippen LogP contribution < -0.4 is 5.73 Å². The van der Waals surface area contributed by atoms with Gasteiger partial charge in [0.2, 0.25) is 0 Å². The van der Waals surface area contributed by atoms with Crippen LogP contribution in [0, 0.1) is 0 Å². The monoisotopic (exact) mass is 375 g/mol. The van der Waals surface area contributed by atoms with Gasteiger partial charge in [-0.15, -0.1) is 0 Å². The summed E-state index contributed by atoms with van der Waals surface area (Å²) in [6, 6.07) is 0. The van der Waals surface area contributed by atoms with Crippen molar-refractivity contribution in [3.63, 3.8) is 0 Å². The molecular weight excluding hydrogens is 341 g/mol. The van der Waals surface area contributed by atoms with Crippen molar-refractivity contribution in [2.24, 2.45) is 5.73 Å². The fourth-order valence-electron chi connectivity index (χ4n) is 2.71. The van der Waals surface area contributed by atoms with Gasteiger partial charge in [0.15, 0.2) is 10.5 Å². The number of rotatable bonds is 14. The van der Waals surface area contributed by atoms with Crippen molar-refractivity contribution < 1.29 is 17.8 Å². The van der Waals surface area contributed by atoms with E-state index in [4.69, 9.17) is 5.73 Å². The molecule has 0 saturated heterocycles. The molecule has 23 heavy (non-hydrogen) atoms. The van der Waals surface area contributed by atoms with E-state index in [-0.39, 0.29) is 70.8 Å². The van der Waals surface area contributed by atoms with Gasteiger partial charge < -0.3 is 5.73 Å². The maximum atomic E-state index is 12.2. The van der Waals surface area contributed by atoms with Gasteiger partial charge in [-0.3, -0.25) is 9.35 Å². The summed E-state index contributed by atoms with van der Waals surface area (Å²) in [5.74, 6) is -0.456. The number of Topliss-reactive ketones (excluding diaryl/α,β-unsaturated/α-hetero) is 1. The van der Waals surface area contributed by atoms with Crippen molar-refractivity contribution in [2.45, 2.75) is 89.2 Å². The average molecular weight is 376 g/mol. The molecule has 0 aromatic heterocycles. The zero-order chi connectivity index (χ0) is 17.1. The first-order valence-electron chi connectivity index (χ1n) is 8.56. The normalized spacial score (nSPS) is 14.1. The average Bonchev–Trinajstić information content (AvgIpc) is 2.46. The maximum absolute atomic E-state index is 12.2. The molecule has 0 saturated carbocycles. The molecule has 0 aliphatic rings. The first-order chi connectivity index (χ1) is 10.4. The van der Waals surface area contributed by atoms with Crippen LogP contribution in [-0.2, 0) is 14.9 Å². The third kappa shape index (κ3) is 9.44. The van der Waals surface area contributed by atoms with E-state index in [9.17, 15) is 17.8 Å². The molecule has 7 heteroatoms. The molecule has 134 valence electrons. The Morgan fingerprint density at radius 2 is 1.39 bits per heavy atom. The van der Waals surface area contributed by atoms with E-state index in [1.54, 1.807) is 6.92 Å². The molecule has 5 nitrogen and oxygen atoms in total. The van der Waals surface area contributed by atoms with Crippen LogP contribution >= 0.6 is 0 Å². The quantitative estimate of drug-likeness (QED) is 0.276. The van der Waals surface area contributed by atoms with Gasteiger partial charge in [0.05, 0.1) is 0 Å². The summed E-state index contributed by atoms with van der Waals surface area (Å²) in [5, 5.41) is 0. The van der Waals surface area contributed by atoms with E-state index in [0.29, 0.717) is 6.42 Å². The number of hydrogen-bond donors (Lipinski definition) is 2. The van der Waals surface area contributed by atoms with E-state index < -0.39 is 20.6 Å². The summed E-state index contributed by atoms with van der Waals surface area (Å²) < 4.78 is 30.4. The molecule has 3 N–H and O–H groups in total. The van der Waals surface area contributed by atoms with Gasteiger partial charge in [0.25, 0.3) is 10.1 Å². The second-order valence-electron chi connectivity index (χ2n) is 6.03. The van der Waals surface area contributed by atoms with E-state index in [1.165, 1.54) is 32.1 Å². The molecule has 0 rings (SSSR count). The minimum absolute atomic E-state index is 0. The van der Waals surface area contributed by atoms with Crippen LogP contribution in [0.3, 0.4) is 0 Å². The van der Waals surface area contributed by atoms with E-state index >= 15 is 0 Å². The molecule has 0 fully saturated rings. The first-order valence-corrected chi connectivity index (χ1v) is 10.00. The molecule has 0 radical (unpaired) electrons. The first kappa shape index (κ1) is 26.4. The van der Waals surface area contributed by atoms with Gasteiger partial charge in [-0.25, -0.2) is 0 Å². The van der Waals surface area contributed by atoms with Crippen molar-refractivity contribution in [1.82, 2.24) is 0 Å². The zero-order valence-electron chi connectivity index (χ0n) is 14.1. The molecule has 1 unspecified atom stereocenters. The Hall–Kier alpha value is 1.18. The van der Waals surface area contributed by atoms with Gasteiger partial charge in [-0.1, -0.05) is 65.2 Å². The van der Waals surface area contributed by atoms with Crippen LogP contribution in [0.2, 0.25) is 0 Å². The third-order valence-corrected chi connectivity index (χ3v) is 6.08. The molecule has 0 aliphatic carbocycles. The van der Waals surface area contributed by atoms with Gasteiger partial charge in [0.1, 0.15) is 0 Å². The predicted octanol–water partition coefficient (Wildman–Crippen LogP) is 2.82. The molecule has 0 aromatic carbocycles. The molecule has 0 aromatic rings. The number of nitrogens with two attached hydrogens (primary N) is 1. The SMILES string of the molecule is CCCCCCCCCCCC(=O)C(CC)(CN)S(=O)(=O)O.[KH]. The molecule has 1 atom stereocenters. The molecule has 0 aliphatic heterocycles. The minimum atomic E-state index is -4.46. The van der Waals surface area contributed by atoms with Crippen LogP contribution in [0.1, 0.15) is 84.5 Å². The topological polar surface area (TPSA) is 97.5 Å². The molecule has 0 amide bonds. The molecule has 0 spiro atoms. The number of carbonyl (C=O) groups is 1. The van der Waals surface area contributed by atoms with Gasteiger partial charge in [0, 0.05) is 13.0 Å². The standard InChI is InChI=1S/C16H33NO4S.K.H/c1-3-5-6-7-8-9-10-11-12-13-15(18)16(4-2,14-17)22(19,20)21;;/h3-14,17H2,1-2H3,(H,19,20,21);;. The number of carbonyl (C=O) groups excluding carboxylic acids is 1. The van der Waals surface area contributed by atoms with E-state index in [1.807, 2.05) is 0 Å². The Balaban J connectivity index is 0. The summed E-state index contributed by atoms with van der Waals surface area (Å²) in [4.78, 5) is 12.2. The second-order valence-corrected chi connectivity index (χ2v) is 7.76. The fourth-order valence-corrected chi connectivity index (χ4v) is 3.68. The second kappa shape index (κ2) is 14.4. The Morgan fingerprint density at radius 1 is 0.957 bits per heavy atom. The van der Waals surface area contributed by atoms with Crippen molar-refractivity contribution >= 4 is 67.3 Å². The van der Waals surface area contributed by atoms with Crippen LogP contribution in [0.4, 0.5) is 0 Å². The Morgan fingerprint density at radius 3 is 1.74 bits per heavy atom. The Bertz CT molecular complexity index is 408. The van der Waals surface area contributed by atoms with E-state index in [2.05, 4.69) is 6.92 Å².